The van der Waals surface area contributed by atoms with E-state index in [2.05, 4.69) is 81.0 Å². The Morgan fingerprint density at radius 2 is 1.79 bits per heavy atom. The van der Waals surface area contributed by atoms with Gasteiger partial charge in [0.1, 0.15) is 0 Å². The van der Waals surface area contributed by atoms with E-state index in [4.69, 9.17) is 0 Å². The van der Waals surface area contributed by atoms with E-state index in [9.17, 15) is 0 Å². The second kappa shape index (κ2) is 8.90. The molecule has 2 N–H and O–H groups in total. The van der Waals surface area contributed by atoms with Crippen LogP contribution in [0.25, 0.3) is 0 Å². The van der Waals surface area contributed by atoms with Crippen LogP contribution in [-0.2, 0) is 6.54 Å². The average Bonchev–Trinajstić information content (AvgIpc) is 2.75. The van der Waals surface area contributed by atoms with Gasteiger partial charge in [0, 0.05) is 31.0 Å². The highest BCUT2D eigenvalue weighted by Gasteiger charge is 2.15. The molecule has 0 aliphatic carbocycles. The third-order valence-electron chi connectivity index (χ3n) is 5.55. The van der Waals surface area contributed by atoms with Crippen molar-refractivity contribution in [2.45, 2.75) is 33.2 Å². The first kappa shape index (κ1) is 19.2. The first-order valence-corrected chi connectivity index (χ1v) is 10.3. The Morgan fingerprint density at radius 3 is 2.55 bits per heavy atom. The maximum atomic E-state index is 4.53. The van der Waals surface area contributed by atoms with E-state index in [0.717, 1.165) is 24.7 Å². The van der Waals surface area contributed by atoms with E-state index in [1.807, 2.05) is 12.1 Å². The van der Waals surface area contributed by atoms with Gasteiger partial charge in [-0.05, 0) is 61.1 Å². The minimum absolute atomic E-state index is 0.485. The maximum absolute atomic E-state index is 4.53. The Morgan fingerprint density at radius 1 is 1.03 bits per heavy atom. The lowest BCUT2D eigenvalue weighted by Gasteiger charge is -2.32. The fourth-order valence-electron chi connectivity index (χ4n) is 3.59. The average molecular weight is 389 g/mol. The summed E-state index contributed by atoms with van der Waals surface area (Å²) in [5.74, 6) is 2.02. The Hall–Kier alpha value is -3.15. The lowest BCUT2D eigenvalue weighted by molar-refractivity contribution is 0.438. The lowest BCUT2D eigenvalue weighted by atomic mass is 9.99. The summed E-state index contributed by atoms with van der Waals surface area (Å²) in [5.41, 5.74) is 4.72. The van der Waals surface area contributed by atoms with Crippen molar-refractivity contribution in [3.05, 3.63) is 65.9 Å². The highest BCUT2D eigenvalue weighted by Crippen LogP contribution is 2.25. The van der Waals surface area contributed by atoms with E-state index in [0.29, 0.717) is 18.3 Å². The number of benzene rings is 2. The van der Waals surface area contributed by atoms with Crippen LogP contribution in [0.1, 0.15) is 30.9 Å². The zero-order valence-corrected chi connectivity index (χ0v) is 17.1. The molecule has 1 aromatic heterocycles. The van der Waals surface area contributed by atoms with Crippen LogP contribution >= 0.6 is 0 Å². The number of aromatic nitrogens is 3. The molecule has 1 fully saturated rings. The molecule has 1 aliphatic rings. The molecule has 150 valence electrons. The number of hydrogen-bond acceptors (Lipinski definition) is 6. The molecule has 0 amide bonds. The topological polar surface area (TPSA) is 66.0 Å². The van der Waals surface area contributed by atoms with Crippen molar-refractivity contribution in [1.82, 2.24) is 15.2 Å². The molecule has 0 unspecified atom stereocenters. The van der Waals surface area contributed by atoms with Crippen LogP contribution in [0.15, 0.2) is 54.7 Å². The monoisotopic (exact) mass is 388 g/mol. The summed E-state index contributed by atoms with van der Waals surface area (Å²) in [6, 6.07) is 16.8. The van der Waals surface area contributed by atoms with Crippen LogP contribution in [-0.4, -0.2) is 28.3 Å². The second-order valence-corrected chi connectivity index (χ2v) is 7.79. The van der Waals surface area contributed by atoms with E-state index in [1.54, 1.807) is 6.20 Å². The van der Waals surface area contributed by atoms with Crippen molar-refractivity contribution in [3.63, 3.8) is 0 Å². The van der Waals surface area contributed by atoms with Gasteiger partial charge < -0.3 is 15.5 Å². The summed E-state index contributed by atoms with van der Waals surface area (Å²) in [7, 11) is 0. The molecule has 1 saturated heterocycles. The molecular weight excluding hydrogens is 360 g/mol. The SMILES string of the molecule is Cc1ccccc1CNc1cnnc(Nc2ccc(N3CCC(C)CC3)cc2)n1. The van der Waals surface area contributed by atoms with Gasteiger partial charge in [-0.2, -0.15) is 10.1 Å². The van der Waals surface area contributed by atoms with Gasteiger partial charge >= 0.3 is 0 Å². The Kier molecular flexibility index (Phi) is 5.89. The van der Waals surface area contributed by atoms with Gasteiger partial charge in [0.15, 0.2) is 5.82 Å². The molecule has 0 bridgehead atoms. The predicted octanol–water partition coefficient (Wildman–Crippen LogP) is 4.77. The molecule has 2 aromatic carbocycles. The quantitative estimate of drug-likeness (QED) is 0.634. The van der Waals surface area contributed by atoms with E-state index in [1.165, 1.54) is 29.7 Å². The third-order valence-corrected chi connectivity index (χ3v) is 5.55. The minimum atomic E-state index is 0.485. The van der Waals surface area contributed by atoms with Crippen molar-refractivity contribution in [2.75, 3.05) is 28.6 Å². The number of nitrogens with zero attached hydrogens (tertiary/aromatic N) is 4. The molecule has 3 aromatic rings. The molecule has 0 spiro atoms. The molecular formula is C23H28N6. The van der Waals surface area contributed by atoms with Gasteiger partial charge in [-0.25, -0.2) is 0 Å². The summed E-state index contributed by atoms with van der Waals surface area (Å²) < 4.78 is 0. The van der Waals surface area contributed by atoms with Gasteiger partial charge in [-0.15, -0.1) is 5.10 Å². The van der Waals surface area contributed by atoms with Crippen LogP contribution in [0.5, 0.6) is 0 Å². The standard InChI is InChI=1S/C23H28N6/c1-17-11-13-29(14-12-17)21-9-7-20(8-10-21)26-23-27-22(16-25-28-23)24-15-19-6-4-3-5-18(19)2/h3-10,16-17H,11-15H2,1-2H3,(H2,24,26,27,28). The van der Waals surface area contributed by atoms with Gasteiger partial charge in [-0.1, -0.05) is 31.2 Å². The van der Waals surface area contributed by atoms with Crippen LogP contribution in [0.2, 0.25) is 0 Å². The van der Waals surface area contributed by atoms with Gasteiger partial charge in [0.25, 0.3) is 0 Å². The van der Waals surface area contributed by atoms with Crippen LogP contribution in [0.4, 0.5) is 23.1 Å². The summed E-state index contributed by atoms with van der Waals surface area (Å²) in [5, 5.41) is 14.7. The van der Waals surface area contributed by atoms with Crippen LogP contribution < -0.4 is 15.5 Å². The van der Waals surface area contributed by atoms with Gasteiger partial charge in [-0.3, -0.25) is 0 Å². The van der Waals surface area contributed by atoms with Crippen molar-refractivity contribution in [1.29, 1.82) is 0 Å². The molecule has 2 heterocycles. The number of hydrogen-bond donors (Lipinski definition) is 2. The maximum Gasteiger partial charge on any atom is 0.249 e. The number of rotatable bonds is 6. The van der Waals surface area contributed by atoms with Crippen LogP contribution in [0.3, 0.4) is 0 Å². The van der Waals surface area contributed by atoms with Crippen molar-refractivity contribution < 1.29 is 0 Å². The van der Waals surface area contributed by atoms with E-state index < -0.39 is 0 Å². The van der Waals surface area contributed by atoms with Gasteiger partial charge in [0.05, 0.1) is 6.20 Å². The molecule has 6 nitrogen and oxygen atoms in total. The summed E-state index contributed by atoms with van der Waals surface area (Å²) in [6.45, 7) is 7.41. The second-order valence-electron chi connectivity index (χ2n) is 7.79. The van der Waals surface area contributed by atoms with E-state index >= 15 is 0 Å². The summed E-state index contributed by atoms with van der Waals surface area (Å²) in [4.78, 5) is 6.98. The number of piperidine rings is 1. The highest BCUT2D eigenvalue weighted by atomic mass is 15.3. The zero-order valence-electron chi connectivity index (χ0n) is 17.1. The predicted molar refractivity (Wildman–Crippen MR) is 119 cm³/mol. The summed E-state index contributed by atoms with van der Waals surface area (Å²) in [6.07, 6.45) is 4.17. The number of nitrogens with one attached hydrogen (secondary N) is 2. The fourth-order valence-corrected chi connectivity index (χ4v) is 3.59. The van der Waals surface area contributed by atoms with Crippen molar-refractivity contribution in [2.24, 2.45) is 5.92 Å². The molecule has 1 aliphatic heterocycles. The largest absolute Gasteiger partial charge is 0.372 e. The third kappa shape index (κ3) is 5.02. The van der Waals surface area contributed by atoms with Gasteiger partial charge in [0.2, 0.25) is 5.95 Å². The highest BCUT2D eigenvalue weighted by molar-refractivity contribution is 5.59. The van der Waals surface area contributed by atoms with Crippen molar-refractivity contribution in [3.8, 4) is 0 Å². The molecule has 29 heavy (non-hydrogen) atoms. The fraction of sp³-hybridized carbons (Fsp3) is 0.348. The lowest BCUT2D eigenvalue weighted by Crippen LogP contribution is -2.32. The molecule has 0 radical (unpaired) electrons. The number of aryl methyl sites for hydroxylation is 1. The molecule has 6 heteroatoms. The molecule has 0 saturated carbocycles. The first-order chi connectivity index (χ1) is 14.2. The first-order valence-electron chi connectivity index (χ1n) is 10.3. The number of anilines is 4. The minimum Gasteiger partial charge on any atom is -0.372 e. The Bertz CT molecular complexity index is 932. The molecule has 0 atom stereocenters. The Balaban J connectivity index is 1.37. The normalized spacial score (nSPS) is 14.6. The van der Waals surface area contributed by atoms with Crippen molar-refractivity contribution >= 4 is 23.1 Å². The summed E-state index contributed by atoms with van der Waals surface area (Å²) >= 11 is 0. The zero-order chi connectivity index (χ0) is 20.1. The Labute approximate surface area is 172 Å². The van der Waals surface area contributed by atoms with E-state index in [-0.39, 0.29) is 0 Å². The molecule has 4 rings (SSSR count). The van der Waals surface area contributed by atoms with Crippen LogP contribution in [0, 0.1) is 12.8 Å². The smallest absolute Gasteiger partial charge is 0.249 e.